The Morgan fingerprint density at radius 2 is 1.85 bits per heavy atom. The number of nitrogens with zero attached hydrogens (tertiary/aromatic N) is 1. The number of hydrogen-bond acceptors (Lipinski definition) is 3. The molecule has 0 saturated carbocycles. The summed E-state index contributed by atoms with van der Waals surface area (Å²) < 4.78 is 0. The minimum atomic E-state index is -0.178. The van der Waals surface area contributed by atoms with Gasteiger partial charge in [0.2, 0.25) is 6.41 Å². The van der Waals surface area contributed by atoms with Crippen LogP contribution in [0, 0.1) is 5.41 Å². The SMILES string of the molecule is CC/C=C\C(NC(=O)c1ccc(CN(C=O)CC(C)(C)C)cc1)=C(/C)S. The van der Waals surface area contributed by atoms with Crippen LogP contribution in [0.1, 0.15) is 57.0 Å². The lowest BCUT2D eigenvalue weighted by Crippen LogP contribution is -2.31. The van der Waals surface area contributed by atoms with E-state index in [2.05, 4.69) is 38.7 Å². The number of benzene rings is 1. The number of amides is 2. The first-order valence-electron chi connectivity index (χ1n) is 8.82. The number of carbonyl (C=O) groups excluding carboxylic acids is 2. The van der Waals surface area contributed by atoms with Gasteiger partial charge in [0.25, 0.3) is 5.91 Å². The molecule has 0 aromatic heterocycles. The molecule has 1 aromatic rings. The number of nitrogens with one attached hydrogen (secondary N) is 1. The highest BCUT2D eigenvalue weighted by atomic mass is 32.1. The van der Waals surface area contributed by atoms with Crippen molar-refractivity contribution in [1.82, 2.24) is 10.2 Å². The van der Waals surface area contributed by atoms with Gasteiger partial charge in [0, 0.05) is 29.3 Å². The summed E-state index contributed by atoms with van der Waals surface area (Å²) in [6, 6.07) is 7.32. The van der Waals surface area contributed by atoms with Crippen molar-refractivity contribution in [1.29, 1.82) is 0 Å². The first-order chi connectivity index (χ1) is 12.2. The zero-order valence-corrected chi connectivity index (χ0v) is 17.3. The van der Waals surface area contributed by atoms with Gasteiger partial charge in [-0.15, -0.1) is 12.6 Å². The van der Waals surface area contributed by atoms with E-state index in [4.69, 9.17) is 0 Å². The maximum atomic E-state index is 12.4. The molecule has 26 heavy (non-hydrogen) atoms. The van der Waals surface area contributed by atoms with E-state index in [-0.39, 0.29) is 11.3 Å². The van der Waals surface area contributed by atoms with Gasteiger partial charge < -0.3 is 10.2 Å². The molecular formula is C21H30N2O2S. The maximum absolute atomic E-state index is 12.4. The van der Waals surface area contributed by atoms with E-state index in [1.165, 1.54) is 0 Å². The van der Waals surface area contributed by atoms with Crippen molar-refractivity contribution in [3.8, 4) is 0 Å². The monoisotopic (exact) mass is 374 g/mol. The second-order valence-electron chi connectivity index (χ2n) is 7.53. The van der Waals surface area contributed by atoms with Crippen molar-refractivity contribution in [3.05, 3.63) is 58.1 Å². The zero-order valence-electron chi connectivity index (χ0n) is 16.4. The van der Waals surface area contributed by atoms with Crippen LogP contribution in [0.3, 0.4) is 0 Å². The molecule has 142 valence electrons. The van der Waals surface area contributed by atoms with E-state index < -0.39 is 0 Å². The number of rotatable bonds is 8. The van der Waals surface area contributed by atoms with Crippen LogP contribution >= 0.6 is 12.6 Å². The van der Waals surface area contributed by atoms with Crippen LogP contribution in [-0.2, 0) is 11.3 Å². The average Bonchev–Trinajstić information content (AvgIpc) is 2.56. The Labute approximate surface area is 162 Å². The van der Waals surface area contributed by atoms with Crippen molar-refractivity contribution in [3.63, 3.8) is 0 Å². The van der Waals surface area contributed by atoms with E-state index in [1.807, 2.05) is 38.1 Å². The molecule has 0 bridgehead atoms. The molecular weight excluding hydrogens is 344 g/mol. The molecule has 0 spiro atoms. The molecule has 1 aromatic carbocycles. The Morgan fingerprint density at radius 1 is 1.23 bits per heavy atom. The number of thiol groups is 1. The first-order valence-corrected chi connectivity index (χ1v) is 9.27. The number of allylic oxidation sites excluding steroid dienone is 3. The van der Waals surface area contributed by atoms with E-state index in [0.717, 1.165) is 23.3 Å². The Balaban J connectivity index is 2.80. The Morgan fingerprint density at radius 3 is 2.31 bits per heavy atom. The van der Waals surface area contributed by atoms with E-state index >= 15 is 0 Å². The third kappa shape index (κ3) is 7.91. The fraction of sp³-hybridized carbons (Fsp3) is 0.429. The van der Waals surface area contributed by atoms with Crippen LogP contribution in [0.15, 0.2) is 47.0 Å². The lowest BCUT2D eigenvalue weighted by atomic mass is 9.96. The van der Waals surface area contributed by atoms with Gasteiger partial charge in [-0.05, 0) is 42.5 Å². The van der Waals surface area contributed by atoms with Crippen LogP contribution in [0.5, 0.6) is 0 Å². The molecule has 0 aliphatic heterocycles. The summed E-state index contributed by atoms with van der Waals surface area (Å²) in [5.41, 5.74) is 2.30. The normalized spacial score (nSPS) is 12.7. The van der Waals surface area contributed by atoms with Crippen LogP contribution in [0.2, 0.25) is 0 Å². The van der Waals surface area contributed by atoms with Crippen molar-refractivity contribution >= 4 is 24.9 Å². The molecule has 0 atom stereocenters. The van der Waals surface area contributed by atoms with E-state index in [1.54, 1.807) is 17.0 Å². The van der Waals surface area contributed by atoms with Gasteiger partial charge in [0.1, 0.15) is 0 Å². The van der Waals surface area contributed by atoms with Gasteiger partial charge >= 0.3 is 0 Å². The van der Waals surface area contributed by atoms with Crippen molar-refractivity contribution in [2.75, 3.05) is 6.54 Å². The van der Waals surface area contributed by atoms with E-state index in [9.17, 15) is 9.59 Å². The van der Waals surface area contributed by atoms with Crippen LogP contribution in [0.4, 0.5) is 0 Å². The molecule has 4 nitrogen and oxygen atoms in total. The molecule has 0 heterocycles. The standard InChI is InChI=1S/C21H30N2O2S/c1-6-7-8-19(16(2)26)22-20(25)18-11-9-17(10-12-18)13-23(15-24)14-21(3,4)5/h7-12,15,26H,6,13-14H2,1-5H3,(H,22,25)/b8-7-,19-16-. The van der Waals surface area contributed by atoms with Gasteiger partial charge in [0.05, 0.1) is 0 Å². The molecule has 5 heteroatoms. The second-order valence-corrected chi connectivity index (χ2v) is 8.20. The van der Waals surface area contributed by atoms with Crippen LogP contribution < -0.4 is 5.32 Å². The highest BCUT2D eigenvalue weighted by molar-refractivity contribution is 7.84. The Kier molecular flexibility index (Phi) is 8.66. The topological polar surface area (TPSA) is 49.4 Å². The predicted molar refractivity (Wildman–Crippen MR) is 111 cm³/mol. The molecule has 2 amide bonds. The average molecular weight is 375 g/mol. The summed E-state index contributed by atoms with van der Waals surface area (Å²) in [5, 5.41) is 2.88. The summed E-state index contributed by atoms with van der Waals surface area (Å²) >= 11 is 4.33. The van der Waals surface area contributed by atoms with Gasteiger partial charge in [-0.25, -0.2) is 0 Å². The minimum Gasteiger partial charge on any atom is -0.340 e. The van der Waals surface area contributed by atoms with Crippen LogP contribution in [0.25, 0.3) is 0 Å². The molecule has 0 fully saturated rings. The second kappa shape index (κ2) is 10.2. The van der Waals surface area contributed by atoms with Crippen molar-refractivity contribution in [2.45, 2.75) is 47.6 Å². The molecule has 0 saturated heterocycles. The Bertz CT molecular complexity index is 666. The summed E-state index contributed by atoms with van der Waals surface area (Å²) in [6.07, 6.45) is 5.60. The summed E-state index contributed by atoms with van der Waals surface area (Å²) in [5.74, 6) is -0.178. The zero-order chi connectivity index (χ0) is 19.7. The lowest BCUT2D eigenvalue weighted by Gasteiger charge is -2.26. The number of hydrogen-bond donors (Lipinski definition) is 2. The fourth-order valence-corrected chi connectivity index (χ4v) is 2.55. The molecule has 1 rings (SSSR count). The fourth-order valence-electron chi connectivity index (χ4n) is 2.42. The molecule has 0 aliphatic carbocycles. The largest absolute Gasteiger partial charge is 0.340 e. The highest BCUT2D eigenvalue weighted by Crippen LogP contribution is 2.16. The lowest BCUT2D eigenvalue weighted by molar-refractivity contribution is -0.119. The molecule has 0 aliphatic rings. The summed E-state index contributed by atoms with van der Waals surface area (Å²) in [4.78, 5) is 26.2. The van der Waals surface area contributed by atoms with Gasteiger partial charge in [-0.1, -0.05) is 45.9 Å². The molecule has 1 N–H and O–H groups in total. The van der Waals surface area contributed by atoms with E-state index in [0.29, 0.717) is 24.4 Å². The predicted octanol–water partition coefficient (Wildman–Crippen LogP) is 4.55. The third-order valence-corrected chi connectivity index (χ3v) is 3.83. The van der Waals surface area contributed by atoms with Crippen molar-refractivity contribution < 1.29 is 9.59 Å². The van der Waals surface area contributed by atoms with Gasteiger partial charge in [0.15, 0.2) is 0 Å². The Hall–Kier alpha value is -2.01. The highest BCUT2D eigenvalue weighted by Gasteiger charge is 2.15. The third-order valence-electron chi connectivity index (χ3n) is 3.59. The van der Waals surface area contributed by atoms with Gasteiger partial charge in [-0.2, -0.15) is 0 Å². The maximum Gasteiger partial charge on any atom is 0.255 e. The number of carbonyl (C=O) groups is 2. The molecule has 0 radical (unpaired) electrons. The minimum absolute atomic E-state index is 0.0419. The smallest absolute Gasteiger partial charge is 0.255 e. The van der Waals surface area contributed by atoms with Crippen molar-refractivity contribution in [2.24, 2.45) is 5.41 Å². The first kappa shape index (κ1) is 22.0. The van der Waals surface area contributed by atoms with Gasteiger partial charge in [-0.3, -0.25) is 9.59 Å². The van der Waals surface area contributed by atoms with Crippen LogP contribution in [-0.4, -0.2) is 23.8 Å². The summed E-state index contributed by atoms with van der Waals surface area (Å²) in [7, 11) is 0. The quantitative estimate of drug-likeness (QED) is 0.398. The molecule has 0 unspecified atom stereocenters. The summed E-state index contributed by atoms with van der Waals surface area (Å²) in [6.45, 7) is 11.4.